The standard InChI is InChI=1S/C12H21N5O2/c1-6-7(2)9(10(18)19)15-11-13-8(3)14-12(16-11)17(4)5/h7,9H,6H2,1-5H3,(H,18,19)(H,13,14,15,16)/t7-,9-/m0/s1. The molecule has 0 aliphatic heterocycles. The van der Waals surface area contributed by atoms with E-state index in [9.17, 15) is 9.90 Å². The van der Waals surface area contributed by atoms with Crippen LogP contribution in [-0.2, 0) is 4.79 Å². The van der Waals surface area contributed by atoms with Gasteiger partial charge in [-0.2, -0.15) is 15.0 Å². The number of hydrogen-bond acceptors (Lipinski definition) is 6. The number of aliphatic carboxylic acids is 1. The van der Waals surface area contributed by atoms with Crippen LogP contribution in [0.25, 0.3) is 0 Å². The smallest absolute Gasteiger partial charge is 0.326 e. The van der Waals surface area contributed by atoms with Crippen LogP contribution in [0, 0.1) is 12.8 Å². The van der Waals surface area contributed by atoms with Gasteiger partial charge in [0.2, 0.25) is 11.9 Å². The second-order valence-corrected chi connectivity index (χ2v) is 4.75. The summed E-state index contributed by atoms with van der Waals surface area (Å²) >= 11 is 0. The summed E-state index contributed by atoms with van der Waals surface area (Å²) in [6.07, 6.45) is 0.759. The zero-order valence-corrected chi connectivity index (χ0v) is 12.0. The first kappa shape index (κ1) is 15.1. The van der Waals surface area contributed by atoms with Crippen LogP contribution in [-0.4, -0.2) is 46.2 Å². The summed E-state index contributed by atoms with van der Waals surface area (Å²) < 4.78 is 0. The van der Waals surface area contributed by atoms with Gasteiger partial charge in [-0.25, -0.2) is 4.79 Å². The van der Waals surface area contributed by atoms with Gasteiger partial charge in [0.15, 0.2) is 0 Å². The van der Waals surface area contributed by atoms with Gasteiger partial charge in [-0.3, -0.25) is 0 Å². The molecule has 1 heterocycles. The third-order valence-electron chi connectivity index (χ3n) is 2.90. The summed E-state index contributed by atoms with van der Waals surface area (Å²) in [6, 6.07) is -0.707. The monoisotopic (exact) mass is 267 g/mol. The van der Waals surface area contributed by atoms with Crippen molar-refractivity contribution >= 4 is 17.9 Å². The van der Waals surface area contributed by atoms with E-state index < -0.39 is 12.0 Å². The van der Waals surface area contributed by atoms with E-state index in [4.69, 9.17) is 0 Å². The van der Waals surface area contributed by atoms with Crippen molar-refractivity contribution in [2.75, 3.05) is 24.3 Å². The zero-order valence-electron chi connectivity index (χ0n) is 12.0. The van der Waals surface area contributed by atoms with Crippen LogP contribution in [0.3, 0.4) is 0 Å². The highest BCUT2D eigenvalue weighted by Gasteiger charge is 2.24. The molecule has 0 amide bonds. The van der Waals surface area contributed by atoms with Crippen molar-refractivity contribution in [1.29, 1.82) is 0 Å². The summed E-state index contributed by atoms with van der Waals surface area (Å²) in [4.78, 5) is 25.5. The first-order chi connectivity index (χ1) is 8.85. The summed E-state index contributed by atoms with van der Waals surface area (Å²) in [7, 11) is 3.64. The van der Waals surface area contributed by atoms with Crippen LogP contribution >= 0.6 is 0 Å². The molecule has 1 aromatic heterocycles. The van der Waals surface area contributed by atoms with E-state index in [0.717, 1.165) is 6.42 Å². The number of carboxylic acids is 1. The van der Waals surface area contributed by atoms with Crippen molar-refractivity contribution in [1.82, 2.24) is 15.0 Å². The fourth-order valence-corrected chi connectivity index (χ4v) is 1.55. The SMILES string of the molecule is CC[C@H](C)[C@H](Nc1nc(C)nc(N(C)C)n1)C(=O)O. The minimum atomic E-state index is -0.904. The molecule has 1 rings (SSSR count). The summed E-state index contributed by atoms with van der Waals surface area (Å²) in [5.41, 5.74) is 0. The molecule has 2 atom stereocenters. The molecule has 0 aliphatic rings. The molecule has 0 spiro atoms. The second kappa shape index (κ2) is 6.31. The minimum Gasteiger partial charge on any atom is -0.480 e. The van der Waals surface area contributed by atoms with E-state index in [1.165, 1.54) is 0 Å². The van der Waals surface area contributed by atoms with E-state index >= 15 is 0 Å². The maximum absolute atomic E-state index is 11.3. The molecule has 19 heavy (non-hydrogen) atoms. The molecule has 0 bridgehead atoms. The van der Waals surface area contributed by atoms with E-state index in [-0.39, 0.29) is 5.92 Å². The number of hydrogen-bond donors (Lipinski definition) is 2. The molecule has 0 fully saturated rings. The predicted octanol–water partition coefficient (Wildman–Crippen LogP) is 1.16. The average molecular weight is 267 g/mol. The molecule has 7 nitrogen and oxygen atoms in total. The Labute approximate surface area is 113 Å². The summed E-state index contributed by atoms with van der Waals surface area (Å²) in [6.45, 7) is 5.58. The van der Waals surface area contributed by atoms with Crippen molar-refractivity contribution in [3.8, 4) is 0 Å². The number of carboxylic acid groups (broad SMARTS) is 1. The molecular formula is C12H21N5O2. The van der Waals surface area contributed by atoms with Crippen LogP contribution in [0.1, 0.15) is 26.1 Å². The van der Waals surface area contributed by atoms with E-state index in [1.54, 1.807) is 11.8 Å². The lowest BCUT2D eigenvalue weighted by atomic mass is 9.99. The molecular weight excluding hydrogens is 246 g/mol. The highest BCUT2D eigenvalue weighted by molar-refractivity contribution is 5.76. The normalized spacial score (nSPS) is 13.7. The maximum Gasteiger partial charge on any atom is 0.326 e. The lowest BCUT2D eigenvalue weighted by molar-refractivity contribution is -0.139. The van der Waals surface area contributed by atoms with Crippen molar-refractivity contribution < 1.29 is 9.90 Å². The predicted molar refractivity (Wildman–Crippen MR) is 73.4 cm³/mol. The highest BCUT2D eigenvalue weighted by Crippen LogP contribution is 2.14. The highest BCUT2D eigenvalue weighted by atomic mass is 16.4. The molecule has 0 saturated heterocycles. The molecule has 0 aromatic carbocycles. The van der Waals surface area contributed by atoms with Crippen LogP contribution in [0.4, 0.5) is 11.9 Å². The Balaban J connectivity index is 2.99. The number of rotatable bonds is 6. The van der Waals surface area contributed by atoms with E-state index in [1.807, 2.05) is 27.9 Å². The first-order valence-electron chi connectivity index (χ1n) is 6.24. The van der Waals surface area contributed by atoms with Crippen LogP contribution in [0.2, 0.25) is 0 Å². The van der Waals surface area contributed by atoms with Gasteiger partial charge < -0.3 is 15.3 Å². The Morgan fingerprint density at radius 1 is 1.37 bits per heavy atom. The Kier molecular flexibility index (Phi) is 5.02. The number of aryl methyl sites for hydroxylation is 1. The second-order valence-electron chi connectivity index (χ2n) is 4.75. The van der Waals surface area contributed by atoms with Gasteiger partial charge in [-0.15, -0.1) is 0 Å². The fourth-order valence-electron chi connectivity index (χ4n) is 1.55. The van der Waals surface area contributed by atoms with Gasteiger partial charge in [0.05, 0.1) is 0 Å². The Hall–Kier alpha value is -1.92. The fraction of sp³-hybridized carbons (Fsp3) is 0.667. The third kappa shape index (κ3) is 4.04. The Bertz CT molecular complexity index is 450. The first-order valence-corrected chi connectivity index (χ1v) is 6.24. The van der Waals surface area contributed by atoms with Crippen LogP contribution in [0.5, 0.6) is 0 Å². The number of nitrogens with zero attached hydrogens (tertiary/aromatic N) is 4. The molecule has 1 aromatic rings. The van der Waals surface area contributed by atoms with Crippen LogP contribution < -0.4 is 10.2 Å². The topological polar surface area (TPSA) is 91.2 Å². The molecule has 0 radical (unpaired) electrons. The van der Waals surface area contributed by atoms with Crippen molar-refractivity contribution in [3.05, 3.63) is 5.82 Å². The number of nitrogens with one attached hydrogen (secondary N) is 1. The van der Waals surface area contributed by atoms with E-state index in [0.29, 0.717) is 17.7 Å². The van der Waals surface area contributed by atoms with Crippen molar-refractivity contribution in [2.45, 2.75) is 33.2 Å². The Morgan fingerprint density at radius 3 is 2.47 bits per heavy atom. The van der Waals surface area contributed by atoms with Gasteiger partial charge in [-0.1, -0.05) is 20.3 Å². The summed E-state index contributed by atoms with van der Waals surface area (Å²) in [5, 5.41) is 12.1. The lowest BCUT2D eigenvalue weighted by Crippen LogP contribution is -2.36. The van der Waals surface area contributed by atoms with E-state index in [2.05, 4.69) is 20.3 Å². The van der Waals surface area contributed by atoms with Gasteiger partial charge in [0.25, 0.3) is 0 Å². The van der Waals surface area contributed by atoms with Gasteiger partial charge in [0, 0.05) is 14.1 Å². The lowest BCUT2D eigenvalue weighted by Gasteiger charge is -2.20. The summed E-state index contributed by atoms with van der Waals surface area (Å²) in [5.74, 6) is 0.429. The van der Waals surface area contributed by atoms with Gasteiger partial charge in [0.1, 0.15) is 11.9 Å². The number of anilines is 2. The molecule has 2 N–H and O–H groups in total. The zero-order chi connectivity index (χ0) is 14.6. The van der Waals surface area contributed by atoms with Crippen LogP contribution in [0.15, 0.2) is 0 Å². The van der Waals surface area contributed by atoms with Crippen molar-refractivity contribution in [2.24, 2.45) is 5.92 Å². The third-order valence-corrected chi connectivity index (χ3v) is 2.90. The molecule has 106 valence electrons. The van der Waals surface area contributed by atoms with Crippen molar-refractivity contribution in [3.63, 3.8) is 0 Å². The number of carbonyl (C=O) groups is 1. The largest absolute Gasteiger partial charge is 0.480 e. The average Bonchev–Trinajstić information content (AvgIpc) is 2.34. The van der Waals surface area contributed by atoms with Gasteiger partial charge in [-0.05, 0) is 12.8 Å². The number of aromatic nitrogens is 3. The molecule has 0 unspecified atom stereocenters. The molecule has 7 heteroatoms. The quantitative estimate of drug-likeness (QED) is 0.799. The molecule has 0 saturated carbocycles. The maximum atomic E-state index is 11.3. The Morgan fingerprint density at radius 2 is 2.00 bits per heavy atom. The van der Waals surface area contributed by atoms with Gasteiger partial charge >= 0.3 is 5.97 Å². The molecule has 0 aliphatic carbocycles. The minimum absolute atomic E-state index is 0.0163.